The second-order valence-electron chi connectivity index (χ2n) is 2.74. The second-order valence-corrected chi connectivity index (χ2v) is 2.74. The molecular formula is C7H14N2. The van der Waals surface area contributed by atoms with E-state index >= 15 is 0 Å². The van der Waals surface area contributed by atoms with Crippen molar-refractivity contribution < 1.29 is 0 Å². The van der Waals surface area contributed by atoms with Crippen LogP contribution in [0.3, 0.4) is 0 Å². The summed E-state index contributed by atoms with van der Waals surface area (Å²) in [6.45, 7) is 7.01. The van der Waals surface area contributed by atoms with Crippen LogP contribution in [0.25, 0.3) is 0 Å². The van der Waals surface area contributed by atoms with E-state index in [1.54, 1.807) is 0 Å². The van der Waals surface area contributed by atoms with Crippen molar-refractivity contribution in [3.05, 3.63) is 12.3 Å². The number of hydrogen-bond acceptors (Lipinski definition) is 2. The van der Waals surface area contributed by atoms with Crippen molar-refractivity contribution in [1.82, 2.24) is 5.32 Å². The van der Waals surface area contributed by atoms with Crippen molar-refractivity contribution in [3.8, 4) is 0 Å². The fourth-order valence-electron chi connectivity index (χ4n) is 1.10. The molecule has 3 N–H and O–H groups in total. The molecule has 0 saturated carbocycles. The van der Waals surface area contributed by atoms with Crippen molar-refractivity contribution >= 4 is 0 Å². The summed E-state index contributed by atoms with van der Waals surface area (Å²) in [5, 5.41) is 3.14. The molecule has 0 aromatic carbocycles. The zero-order valence-electron chi connectivity index (χ0n) is 5.85. The molecule has 0 aliphatic carbocycles. The summed E-state index contributed by atoms with van der Waals surface area (Å²) in [5.41, 5.74) is 6.75. The minimum Gasteiger partial charge on any atom is -0.388 e. The van der Waals surface area contributed by atoms with Crippen molar-refractivity contribution in [2.45, 2.75) is 19.4 Å². The molecule has 0 amide bonds. The van der Waals surface area contributed by atoms with Crippen LogP contribution in [-0.4, -0.2) is 12.6 Å². The Morgan fingerprint density at radius 1 is 1.78 bits per heavy atom. The zero-order chi connectivity index (χ0) is 6.85. The minimum atomic E-state index is 0.166. The van der Waals surface area contributed by atoms with E-state index in [2.05, 4.69) is 18.8 Å². The first-order valence-electron chi connectivity index (χ1n) is 3.40. The van der Waals surface area contributed by atoms with Crippen LogP contribution < -0.4 is 11.1 Å². The number of nitrogens with two attached hydrogens (primary N) is 1. The van der Waals surface area contributed by atoms with Crippen molar-refractivity contribution in [2.24, 2.45) is 11.7 Å². The fraction of sp³-hybridized carbons (Fsp3) is 0.714. The van der Waals surface area contributed by atoms with Gasteiger partial charge in [0.15, 0.2) is 0 Å². The van der Waals surface area contributed by atoms with Crippen LogP contribution in [0.1, 0.15) is 13.3 Å². The molecule has 9 heavy (non-hydrogen) atoms. The van der Waals surface area contributed by atoms with Crippen LogP contribution in [0, 0.1) is 5.92 Å². The average Bonchev–Trinajstić information content (AvgIpc) is 1.83. The van der Waals surface area contributed by atoms with Gasteiger partial charge >= 0.3 is 0 Å². The van der Waals surface area contributed by atoms with Gasteiger partial charge in [0.25, 0.3) is 0 Å². The van der Waals surface area contributed by atoms with E-state index in [4.69, 9.17) is 5.73 Å². The summed E-state index contributed by atoms with van der Waals surface area (Å²) in [7, 11) is 0. The summed E-state index contributed by atoms with van der Waals surface area (Å²) in [6, 6.07) is 0.166. The summed E-state index contributed by atoms with van der Waals surface area (Å²) in [4.78, 5) is 0. The molecule has 1 rings (SSSR count). The third-order valence-corrected chi connectivity index (χ3v) is 1.97. The first kappa shape index (κ1) is 6.62. The SMILES string of the molecule is C=C1NCCC(C)C1N. The average molecular weight is 126 g/mol. The maximum Gasteiger partial charge on any atom is 0.0465 e. The molecule has 1 saturated heterocycles. The Labute approximate surface area is 56.1 Å². The van der Waals surface area contributed by atoms with Gasteiger partial charge in [-0.3, -0.25) is 0 Å². The molecule has 0 radical (unpaired) electrons. The highest BCUT2D eigenvalue weighted by molar-refractivity contribution is 5.06. The summed E-state index contributed by atoms with van der Waals surface area (Å²) >= 11 is 0. The van der Waals surface area contributed by atoms with Gasteiger partial charge in [0.2, 0.25) is 0 Å². The third kappa shape index (κ3) is 1.24. The first-order chi connectivity index (χ1) is 4.22. The van der Waals surface area contributed by atoms with Crippen molar-refractivity contribution in [2.75, 3.05) is 6.54 Å². The van der Waals surface area contributed by atoms with Crippen molar-refractivity contribution in [1.29, 1.82) is 0 Å². The van der Waals surface area contributed by atoms with E-state index < -0.39 is 0 Å². The van der Waals surface area contributed by atoms with E-state index in [0.29, 0.717) is 5.92 Å². The Balaban J connectivity index is 2.51. The standard InChI is InChI=1S/C7H14N2/c1-5-3-4-9-6(2)7(5)8/h5,7,9H,2-4,8H2,1H3. The normalized spacial score (nSPS) is 36.0. The monoisotopic (exact) mass is 126 g/mol. The predicted molar refractivity (Wildman–Crippen MR) is 38.9 cm³/mol. The Kier molecular flexibility index (Phi) is 1.76. The van der Waals surface area contributed by atoms with Crippen LogP contribution in [0.2, 0.25) is 0 Å². The number of piperidine rings is 1. The molecule has 1 aliphatic rings. The smallest absolute Gasteiger partial charge is 0.0465 e. The lowest BCUT2D eigenvalue weighted by molar-refractivity contribution is 0.398. The van der Waals surface area contributed by atoms with Crippen LogP contribution in [-0.2, 0) is 0 Å². The topological polar surface area (TPSA) is 38.0 Å². The van der Waals surface area contributed by atoms with Crippen molar-refractivity contribution in [3.63, 3.8) is 0 Å². The quantitative estimate of drug-likeness (QED) is 0.495. The van der Waals surface area contributed by atoms with Gasteiger partial charge in [0.1, 0.15) is 0 Å². The van der Waals surface area contributed by atoms with Gasteiger partial charge < -0.3 is 11.1 Å². The Morgan fingerprint density at radius 2 is 2.44 bits per heavy atom. The van der Waals surface area contributed by atoms with Gasteiger partial charge in [-0.2, -0.15) is 0 Å². The van der Waals surface area contributed by atoms with E-state index in [9.17, 15) is 0 Å². The lowest BCUT2D eigenvalue weighted by Crippen LogP contribution is -2.42. The maximum atomic E-state index is 5.76. The molecule has 0 bridgehead atoms. The molecule has 2 nitrogen and oxygen atoms in total. The number of hydrogen-bond donors (Lipinski definition) is 2. The molecule has 0 spiro atoms. The molecule has 1 heterocycles. The Hall–Kier alpha value is -0.500. The molecule has 2 heteroatoms. The molecule has 0 aromatic rings. The van der Waals surface area contributed by atoms with Gasteiger partial charge in [-0.05, 0) is 12.3 Å². The fourth-order valence-corrected chi connectivity index (χ4v) is 1.10. The molecule has 2 atom stereocenters. The molecule has 1 fully saturated rings. The van der Waals surface area contributed by atoms with Gasteiger partial charge in [-0.25, -0.2) is 0 Å². The van der Waals surface area contributed by atoms with Crippen LogP contribution in [0.4, 0.5) is 0 Å². The highest BCUT2D eigenvalue weighted by Gasteiger charge is 2.19. The van der Waals surface area contributed by atoms with Gasteiger partial charge in [-0.1, -0.05) is 13.5 Å². The lowest BCUT2D eigenvalue weighted by atomic mass is 9.93. The Bertz CT molecular complexity index is 120. The summed E-state index contributed by atoms with van der Waals surface area (Å²) < 4.78 is 0. The molecule has 0 aromatic heterocycles. The van der Waals surface area contributed by atoms with Crippen LogP contribution in [0.15, 0.2) is 12.3 Å². The highest BCUT2D eigenvalue weighted by atomic mass is 14.9. The van der Waals surface area contributed by atoms with E-state index in [1.807, 2.05) is 0 Å². The molecule has 52 valence electrons. The highest BCUT2D eigenvalue weighted by Crippen LogP contribution is 2.14. The van der Waals surface area contributed by atoms with E-state index in [1.165, 1.54) is 6.42 Å². The zero-order valence-corrected chi connectivity index (χ0v) is 5.85. The molecule has 1 aliphatic heterocycles. The molecular weight excluding hydrogens is 112 g/mol. The van der Waals surface area contributed by atoms with Gasteiger partial charge in [0, 0.05) is 18.3 Å². The van der Waals surface area contributed by atoms with Gasteiger partial charge in [0.05, 0.1) is 0 Å². The largest absolute Gasteiger partial charge is 0.388 e. The third-order valence-electron chi connectivity index (χ3n) is 1.97. The van der Waals surface area contributed by atoms with Crippen LogP contribution in [0.5, 0.6) is 0 Å². The predicted octanol–water partition coefficient (Wildman–Crippen LogP) is 0.457. The molecule has 2 unspecified atom stereocenters. The number of nitrogens with one attached hydrogen (secondary N) is 1. The minimum absolute atomic E-state index is 0.166. The van der Waals surface area contributed by atoms with Crippen LogP contribution >= 0.6 is 0 Å². The number of rotatable bonds is 0. The first-order valence-corrected chi connectivity index (χ1v) is 3.40. The lowest BCUT2D eigenvalue weighted by Gasteiger charge is -2.28. The summed E-state index contributed by atoms with van der Waals surface area (Å²) in [6.07, 6.45) is 1.17. The van der Waals surface area contributed by atoms with E-state index in [0.717, 1.165) is 12.2 Å². The maximum absolute atomic E-state index is 5.76. The summed E-state index contributed by atoms with van der Waals surface area (Å²) in [5.74, 6) is 0.596. The van der Waals surface area contributed by atoms with Gasteiger partial charge in [-0.15, -0.1) is 0 Å². The van der Waals surface area contributed by atoms with E-state index in [-0.39, 0.29) is 6.04 Å². The Morgan fingerprint density at radius 3 is 2.89 bits per heavy atom. The second kappa shape index (κ2) is 2.40.